The number of nitrogens with two attached hydrogens (primary N) is 1. The first kappa shape index (κ1) is 26.2. The number of para-hydroxylation sites is 2. The molecule has 0 fully saturated rings. The van der Waals surface area contributed by atoms with E-state index in [0.29, 0.717) is 39.5 Å². The second-order valence-electron chi connectivity index (χ2n) is 8.88. The lowest BCUT2D eigenvalue weighted by molar-refractivity contribution is 0.0538. The lowest BCUT2D eigenvalue weighted by Gasteiger charge is -2.20. The van der Waals surface area contributed by atoms with Crippen molar-refractivity contribution < 1.29 is 19.7 Å². The summed E-state index contributed by atoms with van der Waals surface area (Å²) in [6, 6.07) is 25.9. The van der Waals surface area contributed by atoms with Gasteiger partial charge in [-0.2, -0.15) is 0 Å². The SMILES string of the molecule is NCCOCCOCC/N=c1/cc2n(-c3ccc(O)cc3)c3ccccc3nc-2cc1Nc1ccc(O)cc1. The molecular weight excluding hydrogens is 494 g/mol. The number of phenols is 2. The largest absolute Gasteiger partial charge is 0.508 e. The van der Waals surface area contributed by atoms with E-state index in [2.05, 4.69) is 9.88 Å². The van der Waals surface area contributed by atoms with Crippen molar-refractivity contribution in [1.82, 2.24) is 9.55 Å². The summed E-state index contributed by atoms with van der Waals surface area (Å²) in [4.78, 5) is 9.80. The number of nitrogens with one attached hydrogen (secondary N) is 1. The van der Waals surface area contributed by atoms with Crippen molar-refractivity contribution in [2.75, 3.05) is 44.8 Å². The number of phenolic OH excluding ortho intramolecular Hbond substituents is 2. The summed E-state index contributed by atoms with van der Waals surface area (Å²) in [5, 5.41) is 23.8. The minimum atomic E-state index is 0.194. The molecule has 1 heterocycles. The maximum absolute atomic E-state index is 9.88. The smallest absolute Gasteiger partial charge is 0.115 e. The Kier molecular flexibility index (Phi) is 8.33. The van der Waals surface area contributed by atoms with Crippen molar-refractivity contribution in [2.45, 2.75) is 0 Å². The summed E-state index contributed by atoms with van der Waals surface area (Å²) in [5.74, 6) is 0.395. The zero-order valence-electron chi connectivity index (χ0n) is 21.5. The van der Waals surface area contributed by atoms with Crippen LogP contribution in [0.1, 0.15) is 0 Å². The Hall–Kier alpha value is -4.44. The molecule has 0 atom stereocenters. The van der Waals surface area contributed by atoms with Crippen LogP contribution in [0.5, 0.6) is 11.5 Å². The summed E-state index contributed by atoms with van der Waals surface area (Å²) in [5.41, 5.74) is 11.3. The molecule has 3 aromatic carbocycles. The van der Waals surface area contributed by atoms with Gasteiger partial charge in [-0.1, -0.05) is 12.1 Å². The number of benzene rings is 4. The van der Waals surface area contributed by atoms with Crippen LogP contribution in [0.4, 0.5) is 11.4 Å². The number of aromatic nitrogens is 2. The van der Waals surface area contributed by atoms with Gasteiger partial charge in [0.2, 0.25) is 0 Å². The molecule has 2 aliphatic rings. The Morgan fingerprint density at radius 1 is 0.821 bits per heavy atom. The highest BCUT2D eigenvalue weighted by molar-refractivity contribution is 5.84. The van der Waals surface area contributed by atoms with Gasteiger partial charge in [0, 0.05) is 17.9 Å². The molecule has 0 saturated heterocycles. The molecular formula is C30H31N5O4. The molecule has 1 aliphatic carbocycles. The van der Waals surface area contributed by atoms with Gasteiger partial charge in [0.25, 0.3) is 0 Å². The number of aromatic hydroxyl groups is 2. The van der Waals surface area contributed by atoms with Crippen LogP contribution in [-0.2, 0) is 9.47 Å². The summed E-state index contributed by atoms with van der Waals surface area (Å²) in [7, 11) is 0. The van der Waals surface area contributed by atoms with Crippen LogP contribution in [0.3, 0.4) is 0 Å². The van der Waals surface area contributed by atoms with Crippen molar-refractivity contribution in [3.8, 4) is 28.6 Å². The molecule has 0 amide bonds. The van der Waals surface area contributed by atoms with E-state index < -0.39 is 0 Å². The van der Waals surface area contributed by atoms with Gasteiger partial charge in [0.1, 0.15) is 11.5 Å². The molecule has 5 N–H and O–H groups in total. The van der Waals surface area contributed by atoms with Gasteiger partial charge < -0.3 is 35.3 Å². The lowest BCUT2D eigenvalue weighted by Crippen LogP contribution is -2.16. The minimum Gasteiger partial charge on any atom is -0.508 e. The van der Waals surface area contributed by atoms with E-state index in [1.54, 1.807) is 36.4 Å². The fourth-order valence-corrected chi connectivity index (χ4v) is 4.29. The van der Waals surface area contributed by atoms with E-state index in [9.17, 15) is 10.2 Å². The number of fused-ring (bicyclic) bond motifs is 2. The minimum absolute atomic E-state index is 0.194. The fraction of sp³-hybridized carbons (Fsp3) is 0.200. The van der Waals surface area contributed by atoms with Crippen LogP contribution >= 0.6 is 0 Å². The van der Waals surface area contributed by atoms with Crippen LogP contribution in [0, 0.1) is 0 Å². The van der Waals surface area contributed by atoms with Gasteiger partial charge in [-0.25, -0.2) is 4.98 Å². The molecule has 0 unspecified atom stereocenters. The quantitative estimate of drug-likeness (QED) is 0.116. The van der Waals surface area contributed by atoms with Gasteiger partial charge in [0.05, 0.1) is 66.4 Å². The first-order chi connectivity index (χ1) is 19.1. The molecule has 0 aromatic heterocycles. The summed E-state index contributed by atoms with van der Waals surface area (Å²) in [6.45, 7) is 2.86. The molecule has 3 aromatic rings. The number of ether oxygens (including phenoxy) is 2. The van der Waals surface area contributed by atoms with Crippen LogP contribution in [0.2, 0.25) is 0 Å². The third-order valence-electron chi connectivity index (χ3n) is 6.10. The molecule has 0 radical (unpaired) electrons. The van der Waals surface area contributed by atoms with Crippen molar-refractivity contribution in [3.63, 3.8) is 0 Å². The van der Waals surface area contributed by atoms with Gasteiger partial charge in [-0.3, -0.25) is 4.99 Å². The third-order valence-corrected chi connectivity index (χ3v) is 6.10. The zero-order valence-corrected chi connectivity index (χ0v) is 21.5. The molecule has 0 bridgehead atoms. The second-order valence-corrected chi connectivity index (χ2v) is 8.88. The Balaban J connectivity index is 1.58. The van der Waals surface area contributed by atoms with Gasteiger partial charge in [0.15, 0.2) is 0 Å². The predicted octanol–water partition coefficient (Wildman–Crippen LogP) is 4.18. The highest BCUT2D eigenvalue weighted by Gasteiger charge is 2.16. The van der Waals surface area contributed by atoms with Gasteiger partial charge >= 0.3 is 0 Å². The van der Waals surface area contributed by atoms with Crippen LogP contribution in [0.15, 0.2) is 89.9 Å². The fourth-order valence-electron chi connectivity index (χ4n) is 4.29. The van der Waals surface area contributed by atoms with Gasteiger partial charge in [-0.15, -0.1) is 0 Å². The van der Waals surface area contributed by atoms with Crippen molar-refractivity contribution in [2.24, 2.45) is 10.7 Å². The van der Waals surface area contributed by atoms with E-state index >= 15 is 0 Å². The molecule has 5 rings (SSSR count). The Morgan fingerprint density at radius 3 is 2.26 bits per heavy atom. The van der Waals surface area contributed by atoms with Crippen LogP contribution in [0.25, 0.3) is 28.1 Å². The standard InChI is InChI=1S/C30H31N5O4/c31-13-15-38-17-18-39-16-14-32-26-20-30-28(19-27(26)33-21-5-9-23(36)10-6-21)34-25-3-1-2-4-29(25)35(30)22-7-11-24(37)12-8-22/h1-12,19-20,33,36-37H,13-18,31H2/b32-26-. The van der Waals surface area contributed by atoms with E-state index in [0.717, 1.165) is 44.8 Å². The summed E-state index contributed by atoms with van der Waals surface area (Å²) < 4.78 is 13.1. The Labute approximate surface area is 226 Å². The first-order valence-electron chi connectivity index (χ1n) is 12.8. The molecule has 1 aliphatic heterocycles. The molecule has 0 spiro atoms. The van der Waals surface area contributed by atoms with Crippen molar-refractivity contribution >= 4 is 22.4 Å². The number of hydrogen-bond donors (Lipinski definition) is 4. The average Bonchev–Trinajstić information content (AvgIpc) is 2.95. The molecule has 0 saturated carbocycles. The lowest BCUT2D eigenvalue weighted by atomic mass is 10.1. The summed E-state index contributed by atoms with van der Waals surface area (Å²) in [6.07, 6.45) is 0. The topological polar surface area (TPSA) is 127 Å². The van der Waals surface area contributed by atoms with Gasteiger partial charge in [-0.05, 0) is 72.8 Å². The number of rotatable bonds is 11. The maximum atomic E-state index is 9.88. The van der Waals surface area contributed by atoms with E-state index in [1.807, 2.05) is 48.5 Å². The normalized spacial score (nSPS) is 11.9. The van der Waals surface area contributed by atoms with Crippen molar-refractivity contribution in [3.05, 3.63) is 90.3 Å². The highest BCUT2D eigenvalue weighted by atomic mass is 16.5. The molecule has 39 heavy (non-hydrogen) atoms. The van der Waals surface area contributed by atoms with Crippen molar-refractivity contribution in [1.29, 1.82) is 0 Å². The maximum Gasteiger partial charge on any atom is 0.115 e. The van der Waals surface area contributed by atoms with E-state index in [1.165, 1.54) is 0 Å². The Bertz CT molecular complexity index is 1570. The Morgan fingerprint density at radius 2 is 1.51 bits per heavy atom. The highest BCUT2D eigenvalue weighted by Crippen LogP contribution is 2.31. The third kappa shape index (κ3) is 6.35. The van der Waals surface area contributed by atoms with Crippen LogP contribution in [-0.4, -0.2) is 59.3 Å². The average molecular weight is 526 g/mol. The van der Waals surface area contributed by atoms with E-state index in [-0.39, 0.29) is 11.5 Å². The number of nitrogens with zero attached hydrogens (tertiary/aromatic N) is 3. The number of anilines is 2. The first-order valence-corrected chi connectivity index (χ1v) is 12.8. The monoisotopic (exact) mass is 525 g/mol. The zero-order chi connectivity index (χ0) is 27.0. The summed E-state index contributed by atoms with van der Waals surface area (Å²) >= 11 is 0. The molecule has 9 nitrogen and oxygen atoms in total. The second kappa shape index (κ2) is 12.4. The molecule has 200 valence electrons. The predicted molar refractivity (Wildman–Crippen MR) is 152 cm³/mol. The van der Waals surface area contributed by atoms with Crippen LogP contribution < -0.4 is 16.4 Å². The molecule has 9 heteroatoms. The van der Waals surface area contributed by atoms with E-state index in [4.69, 9.17) is 25.2 Å². The number of hydrogen-bond acceptors (Lipinski definition) is 8.